The molecule has 0 aliphatic carbocycles. The summed E-state index contributed by atoms with van der Waals surface area (Å²) in [5.41, 5.74) is 1.34. The number of rotatable bonds is 9. The van der Waals surface area contributed by atoms with Crippen molar-refractivity contribution in [2.24, 2.45) is 4.99 Å². The topological polar surface area (TPSA) is 129 Å². The van der Waals surface area contributed by atoms with Crippen molar-refractivity contribution in [2.45, 2.75) is 26.8 Å². The minimum atomic E-state index is -0.767. The minimum absolute atomic E-state index is 0.169. The highest BCUT2D eigenvalue weighted by atomic mass is 32.1. The molecule has 0 spiro atoms. The first-order valence-corrected chi connectivity index (χ1v) is 14.4. The van der Waals surface area contributed by atoms with E-state index in [0.29, 0.717) is 56.5 Å². The number of aromatic nitrogens is 1. The number of likely N-dealkylation sites (N-methyl/N-ethyl adjacent to an activating group) is 1. The number of hydrogen-bond donors (Lipinski definition) is 0. The Balaban J connectivity index is 1.66. The second kappa shape index (κ2) is 12.1. The first-order chi connectivity index (χ1) is 20.7. The molecule has 12 heteroatoms. The second-order valence-corrected chi connectivity index (χ2v) is 10.7. The smallest absolute Gasteiger partial charge is 0.284 e. The van der Waals surface area contributed by atoms with Crippen LogP contribution in [0.15, 0.2) is 80.1 Å². The van der Waals surface area contributed by atoms with Crippen molar-refractivity contribution in [1.82, 2.24) is 9.47 Å². The molecule has 0 saturated carbocycles. The molecule has 0 saturated heterocycles. The van der Waals surface area contributed by atoms with E-state index < -0.39 is 11.0 Å². The summed E-state index contributed by atoms with van der Waals surface area (Å²) < 4.78 is 18.6. The number of nitro groups is 1. The van der Waals surface area contributed by atoms with Gasteiger partial charge < -0.3 is 18.8 Å². The van der Waals surface area contributed by atoms with Gasteiger partial charge in [-0.25, -0.2) is 4.99 Å². The molecule has 0 bridgehead atoms. The Morgan fingerprint density at radius 2 is 1.88 bits per heavy atom. The van der Waals surface area contributed by atoms with E-state index in [4.69, 9.17) is 13.9 Å². The van der Waals surface area contributed by atoms with Crippen LogP contribution < -0.4 is 24.4 Å². The number of benzene rings is 2. The standard InChI is InChI=1S/C31H30N4O7S/c1-6-33(7-2)30(37)27-18(3)32-31-34(28(27)22-10-8-9-11-24(22)41-5)29(36)26(43-31)17-20-13-15-25(42-20)21-14-12-19(40-4)16-23(21)35(38)39/h8-17,28H,6-7H2,1-5H3/b26-17+/t28-/m1/s1. The van der Waals surface area contributed by atoms with E-state index in [1.54, 1.807) is 55.3 Å². The van der Waals surface area contributed by atoms with Crippen LogP contribution in [0.3, 0.4) is 0 Å². The summed E-state index contributed by atoms with van der Waals surface area (Å²) in [7, 11) is 2.98. The molecule has 0 unspecified atom stereocenters. The van der Waals surface area contributed by atoms with Crippen LogP contribution in [-0.4, -0.2) is 47.6 Å². The molecule has 1 amide bonds. The molecule has 1 aliphatic heterocycles. The fourth-order valence-electron chi connectivity index (χ4n) is 5.16. The fourth-order valence-corrected chi connectivity index (χ4v) is 6.19. The fraction of sp³-hybridized carbons (Fsp3) is 0.258. The number of thiazole rings is 1. The van der Waals surface area contributed by atoms with Gasteiger partial charge in [-0.1, -0.05) is 29.5 Å². The first kappa shape index (κ1) is 29.5. The summed E-state index contributed by atoms with van der Waals surface area (Å²) in [6.07, 6.45) is 1.58. The number of fused-ring (bicyclic) bond motifs is 1. The molecule has 1 atom stereocenters. The molecule has 3 heterocycles. The summed E-state index contributed by atoms with van der Waals surface area (Å²) in [6, 6.07) is 14.3. The molecule has 11 nitrogen and oxygen atoms in total. The van der Waals surface area contributed by atoms with Gasteiger partial charge >= 0.3 is 0 Å². The average Bonchev–Trinajstić information content (AvgIpc) is 3.60. The molecule has 2 aromatic heterocycles. The summed E-state index contributed by atoms with van der Waals surface area (Å²) in [4.78, 5) is 45.8. The number of nitro benzene ring substituents is 1. The predicted molar refractivity (Wildman–Crippen MR) is 162 cm³/mol. The summed E-state index contributed by atoms with van der Waals surface area (Å²) in [6.45, 7) is 6.59. The molecular weight excluding hydrogens is 572 g/mol. The lowest BCUT2D eigenvalue weighted by atomic mass is 9.94. The van der Waals surface area contributed by atoms with Crippen molar-refractivity contribution in [3.05, 3.63) is 107 Å². The average molecular weight is 603 g/mol. The van der Waals surface area contributed by atoms with Crippen LogP contribution in [0.5, 0.6) is 11.5 Å². The molecule has 2 aromatic carbocycles. The summed E-state index contributed by atoms with van der Waals surface area (Å²) in [5.74, 6) is 1.28. The van der Waals surface area contributed by atoms with E-state index in [9.17, 15) is 19.7 Å². The summed E-state index contributed by atoms with van der Waals surface area (Å²) >= 11 is 1.17. The lowest BCUT2D eigenvalue weighted by molar-refractivity contribution is -0.384. The highest BCUT2D eigenvalue weighted by Crippen LogP contribution is 2.36. The van der Waals surface area contributed by atoms with Gasteiger partial charge in [-0.15, -0.1) is 0 Å². The number of allylic oxidation sites excluding steroid dienone is 1. The Labute approximate surface area is 250 Å². The Morgan fingerprint density at radius 1 is 1.14 bits per heavy atom. The molecule has 1 aliphatic rings. The third-order valence-corrected chi connectivity index (χ3v) is 8.29. The zero-order valence-electron chi connectivity index (χ0n) is 24.3. The number of carbonyl (C=O) groups excluding carboxylic acids is 1. The van der Waals surface area contributed by atoms with Crippen molar-refractivity contribution >= 4 is 29.0 Å². The van der Waals surface area contributed by atoms with Crippen LogP contribution in [0.25, 0.3) is 17.4 Å². The highest BCUT2D eigenvalue weighted by Gasteiger charge is 2.35. The Morgan fingerprint density at radius 3 is 2.56 bits per heavy atom. The second-order valence-electron chi connectivity index (χ2n) is 9.64. The zero-order chi connectivity index (χ0) is 30.8. The maximum atomic E-state index is 14.0. The van der Waals surface area contributed by atoms with E-state index in [2.05, 4.69) is 4.99 Å². The number of methoxy groups -OCH3 is 2. The van der Waals surface area contributed by atoms with E-state index in [0.717, 1.165) is 0 Å². The molecule has 0 radical (unpaired) electrons. The van der Waals surface area contributed by atoms with Gasteiger partial charge in [0.2, 0.25) is 0 Å². The molecule has 222 valence electrons. The van der Waals surface area contributed by atoms with Gasteiger partial charge in [0.1, 0.15) is 29.1 Å². The van der Waals surface area contributed by atoms with E-state index >= 15 is 0 Å². The van der Waals surface area contributed by atoms with Gasteiger partial charge in [-0.3, -0.25) is 24.3 Å². The number of nitrogens with zero attached hydrogens (tertiary/aromatic N) is 4. The molecule has 5 rings (SSSR count). The number of para-hydroxylation sites is 1. The van der Waals surface area contributed by atoms with E-state index in [-0.39, 0.29) is 28.5 Å². The van der Waals surface area contributed by atoms with Crippen LogP contribution in [0.4, 0.5) is 5.69 Å². The maximum Gasteiger partial charge on any atom is 0.284 e. The quantitative estimate of drug-likeness (QED) is 0.206. The van der Waals surface area contributed by atoms with Crippen molar-refractivity contribution in [2.75, 3.05) is 27.3 Å². The lowest BCUT2D eigenvalue weighted by Gasteiger charge is -2.29. The SMILES string of the molecule is CCN(CC)C(=O)C1=C(C)N=c2s/c(=C/c3ccc(-c4ccc(OC)cc4[N+](=O)[O-])o3)c(=O)n2[C@@H]1c1ccccc1OC. The van der Waals surface area contributed by atoms with Crippen LogP contribution in [0.1, 0.15) is 38.1 Å². The van der Waals surface area contributed by atoms with Gasteiger partial charge in [0.25, 0.3) is 17.2 Å². The predicted octanol–water partition coefficient (Wildman–Crippen LogP) is 4.29. The molecular formula is C31H30N4O7S. The Kier molecular flexibility index (Phi) is 8.31. The Bertz CT molecular complexity index is 1930. The van der Waals surface area contributed by atoms with Crippen molar-refractivity contribution in [1.29, 1.82) is 0 Å². The number of hydrogen-bond acceptors (Lipinski definition) is 9. The normalized spacial score (nSPS) is 14.7. The third-order valence-electron chi connectivity index (χ3n) is 7.30. The number of carbonyl (C=O) groups is 1. The minimum Gasteiger partial charge on any atom is -0.497 e. The van der Waals surface area contributed by atoms with Crippen LogP contribution >= 0.6 is 11.3 Å². The molecule has 0 fully saturated rings. The number of ether oxygens (including phenoxy) is 2. The first-order valence-electron chi connectivity index (χ1n) is 13.6. The van der Waals surface area contributed by atoms with E-state index in [1.165, 1.54) is 29.1 Å². The van der Waals surface area contributed by atoms with Gasteiger partial charge in [-0.05, 0) is 51.1 Å². The van der Waals surface area contributed by atoms with E-state index in [1.807, 2.05) is 32.0 Å². The maximum absolute atomic E-state index is 14.0. The highest BCUT2D eigenvalue weighted by molar-refractivity contribution is 7.07. The van der Waals surface area contributed by atoms with Crippen LogP contribution in [0.2, 0.25) is 0 Å². The van der Waals surface area contributed by atoms with Crippen molar-refractivity contribution in [3.8, 4) is 22.8 Å². The third kappa shape index (κ3) is 5.37. The monoisotopic (exact) mass is 602 g/mol. The summed E-state index contributed by atoms with van der Waals surface area (Å²) in [5, 5.41) is 11.7. The van der Waals surface area contributed by atoms with Crippen LogP contribution in [-0.2, 0) is 4.79 Å². The number of amides is 1. The largest absolute Gasteiger partial charge is 0.497 e. The number of furan rings is 1. The lowest BCUT2D eigenvalue weighted by Crippen LogP contribution is -2.43. The van der Waals surface area contributed by atoms with Gasteiger partial charge in [-0.2, -0.15) is 0 Å². The Hall–Kier alpha value is -4.97. The van der Waals surface area contributed by atoms with Crippen molar-refractivity contribution in [3.63, 3.8) is 0 Å². The van der Waals surface area contributed by atoms with Gasteiger partial charge in [0.05, 0.1) is 46.6 Å². The molecule has 0 N–H and O–H groups in total. The zero-order valence-corrected chi connectivity index (χ0v) is 25.1. The molecule has 4 aromatic rings. The van der Waals surface area contributed by atoms with Gasteiger partial charge in [0, 0.05) is 24.7 Å². The van der Waals surface area contributed by atoms with Gasteiger partial charge in [0.15, 0.2) is 4.80 Å². The van der Waals surface area contributed by atoms with Crippen LogP contribution in [0, 0.1) is 10.1 Å². The molecule has 43 heavy (non-hydrogen) atoms. The van der Waals surface area contributed by atoms with Crippen molar-refractivity contribution < 1.29 is 23.6 Å².